The second-order valence-electron chi connectivity index (χ2n) is 8.38. The number of methoxy groups -OCH3 is 1. The Morgan fingerprint density at radius 1 is 0.794 bits per heavy atom. The van der Waals surface area contributed by atoms with Gasteiger partial charge in [0.1, 0.15) is 0 Å². The molecule has 3 aromatic carbocycles. The van der Waals surface area contributed by atoms with Crippen LogP contribution < -0.4 is 4.74 Å². The number of ether oxygens (including phenoxy) is 1. The molecule has 0 saturated carbocycles. The van der Waals surface area contributed by atoms with E-state index in [1.807, 2.05) is 47.4 Å². The standard InChI is InChI=1S/C28H28N4O2/c1-34-25-21-32(24-15-9-4-10-16-24)29-26(25)28(33)31-19-17-30(18-20-31)27(22-11-5-2-6-12-22)23-13-7-3-8-14-23/h2-16,21,27H,17-20H2,1H3. The van der Waals surface area contributed by atoms with Gasteiger partial charge in [-0.25, -0.2) is 4.68 Å². The summed E-state index contributed by atoms with van der Waals surface area (Å²) >= 11 is 0. The van der Waals surface area contributed by atoms with Crippen LogP contribution in [0.25, 0.3) is 5.69 Å². The number of hydrogen-bond acceptors (Lipinski definition) is 4. The number of carbonyl (C=O) groups is 1. The van der Waals surface area contributed by atoms with Crippen molar-refractivity contribution in [2.75, 3.05) is 33.3 Å². The van der Waals surface area contributed by atoms with Crippen molar-refractivity contribution < 1.29 is 9.53 Å². The summed E-state index contributed by atoms with van der Waals surface area (Å²) < 4.78 is 7.19. The molecule has 1 fully saturated rings. The summed E-state index contributed by atoms with van der Waals surface area (Å²) in [7, 11) is 1.57. The van der Waals surface area contributed by atoms with Gasteiger partial charge in [0.05, 0.1) is 25.0 Å². The second kappa shape index (κ2) is 9.93. The first kappa shape index (κ1) is 21.9. The van der Waals surface area contributed by atoms with Crippen molar-refractivity contribution >= 4 is 5.91 Å². The number of piperazine rings is 1. The molecular weight excluding hydrogens is 424 g/mol. The fraction of sp³-hybridized carbons (Fsp3) is 0.214. The van der Waals surface area contributed by atoms with Crippen molar-refractivity contribution in [1.29, 1.82) is 0 Å². The van der Waals surface area contributed by atoms with E-state index in [1.54, 1.807) is 18.0 Å². The predicted octanol–water partition coefficient (Wildman–Crippen LogP) is 4.43. The molecule has 1 saturated heterocycles. The van der Waals surface area contributed by atoms with Crippen LogP contribution in [0.3, 0.4) is 0 Å². The molecule has 0 atom stereocenters. The van der Waals surface area contributed by atoms with Crippen molar-refractivity contribution in [2.24, 2.45) is 0 Å². The number of nitrogens with zero attached hydrogens (tertiary/aromatic N) is 4. The fourth-order valence-electron chi connectivity index (χ4n) is 4.59. The van der Waals surface area contributed by atoms with E-state index < -0.39 is 0 Å². The number of para-hydroxylation sites is 1. The van der Waals surface area contributed by atoms with Gasteiger partial charge in [0.25, 0.3) is 5.91 Å². The van der Waals surface area contributed by atoms with Crippen LogP contribution in [0.15, 0.2) is 97.2 Å². The topological polar surface area (TPSA) is 50.6 Å². The summed E-state index contributed by atoms with van der Waals surface area (Å²) in [5.41, 5.74) is 3.76. The first-order valence-corrected chi connectivity index (χ1v) is 11.6. The molecule has 172 valence electrons. The van der Waals surface area contributed by atoms with Gasteiger partial charge in [0, 0.05) is 26.2 Å². The van der Waals surface area contributed by atoms with Crippen LogP contribution in [0.1, 0.15) is 27.7 Å². The highest BCUT2D eigenvalue weighted by molar-refractivity contribution is 5.95. The third-order valence-electron chi connectivity index (χ3n) is 6.32. The Morgan fingerprint density at radius 2 is 1.32 bits per heavy atom. The van der Waals surface area contributed by atoms with Crippen molar-refractivity contribution in [3.8, 4) is 11.4 Å². The van der Waals surface area contributed by atoms with Crippen LogP contribution in [-0.2, 0) is 0 Å². The lowest BCUT2D eigenvalue weighted by atomic mass is 9.96. The number of carbonyl (C=O) groups excluding carboxylic acids is 1. The molecule has 6 nitrogen and oxygen atoms in total. The van der Waals surface area contributed by atoms with E-state index in [0.29, 0.717) is 24.5 Å². The highest BCUT2D eigenvalue weighted by atomic mass is 16.5. The Morgan fingerprint density at radius 3 is 1.85 bits per heavy atom. The molecule has 0 N–H and O–H groups in total. The Kier molecular flexibility index (Phi) is 6.40. The van der Waals surface area contributed by atoms with E-state index in [1.165, 1.54) is 11.1 Å². The van der Waals surface area contributed by atoms with Crippen LogP contribution in [-0.4, -0.2) is 58.8 Å². The van der Waals surface area contributed by atoms with Crippen LogP contribution in [0.4, 0.5) is 0 Å². The molecule has 0 radical (unpaired) electrons. The summed E-state index contributed by atoms with van der Waals surface area (Å²) in [6, 6.07) is 31.0. The van der Waals surface area contributed by atoms with Gasteiger partial charge in [0.15, 0.2) is 11.4 Å². The monoisotopic (exact) mass is 452 g/mol. The fourth-order valence-corrected chi connectivity index (χ4v) is 4.59. The SMILES string of the molecule is COc1cn(-c2ccccc2)nc1C(=O)N1CCN(C(c2ccccc2)c2ccccc2)CC1. The molecule has 0 unspecified atom stereocenters. The molecule has 5 rings (SSSR count). The highest BCUT2D eigenvalue weighted by Crippen LogP contribution is 2.30. The lowest BCUT2D eigenvalue weighted by Crippen LogP contribution is -2.50. The number of hydrogen-bond donors (Lipinski definition) is 0. The summed E-state index contributed by atoms with van der Waals surface area (Å²) in [6.45, 7) is 2.83. The van der Waals surface area contributed by atoms with Gasteiger partial charge in [-0.1, -0.05) is 78.9 Å². The van der Waals surface area contributed by atoms with Crippen LogP contribution in [0.5, 0.6) is 5.75 Å². The predicted molar refractivity (Wildman–Crippen MR) is 132 cm³/mol. The second-order valence-corrected chi connectivity index (χ2v) is 8.38. The molecular formula is C28H28N4O2. The molecule has 34 heavy (non-hydrogen) atoms. The Labute approximate surface area is 200 Å². The quantitative estimate of drug-likeness (QED) is 0.434. The summed E-state index contributed by atoms with van der Waals surface area (Å²) in [5, 5.41) is 4.56. The maximum atomic E-state index is 13.4. The minimum atomic E-state index is -0.0952. The number of amides is 1. The summed E-state index contributed by atoms with van der Waals surface area (Å²) in [4.78, 5) is 17.7. The normalized spacial score (nSPS) is 14.4. The molecule has 0 aliphatic carbocycles. The van der Waals surface area contributed by atoms with E-state index in [2.05, 4.69) is 58.5 Å². The van der Waals surface area contributed by atoms with Gasteiger partial charge in [-0.05, 0) is 23.3 Å². The lowest BCUT2D eigenvalue weighted by Gasteiger charge is -2.39. The largest absolute Gasteiger partial charge is 0.493 e. The van der Waals surface area contributed by atoms with Gasteiger partial charge >= 0.3 is 0 Å². The maximum absolute atomic E-state index is 13.4. The molecule has 0 spiro atoms. The molecule has 1 aromatic heterocycles. The number of rotatable bonds is 6. The van der Waals surface area contributed by atoms with Crippen molar-refractivity contribution in [3.05, 3.63) is 114 Å². The minimum Gasteiger partial charge on any atom is -0.493 e. The van der Waals surface area contributed by atoms with Crippen LogP contribution >= 0.6 is 0 Å². The zero-order valence-corrected chi connectivity index (χ0v) is 19.2. The first-order chi connectivity index (χ1) is 16.7. The highest BCUT2D eigenvalue weighted by Gasteiger charge is 2.30. The average molecular weight is 453 g/mol. The van der Waals surface area contributed by atoms with Gasteiger partial charge in [-0.3, -0.25) is 9.69 Å². The Hall–Kier alpha value is -3.90. The van der Waals surface area contributed by atoms with E-state index in [9.17, 15) is 4.79 Å². The smallest absolute Gasteiger partial charge is 0.278 e. The lowest BCUT2D eigenvalue weighted by molar-refractivity contribution is 0.0588. The average Bonchev–Trinajstić information content (AvgIpc) is 3.35. The van der Waals surface area contributed by atoms with E-state index >= 15 is 0 Å². The third-order valence-corrected chi connectivity index (χ3v) is 6.32. The van der Waals surface area contributed by atoms with Crippen LogP contribution in [0.2, 0.25) is 0 Å². The molecule has 1 aliphatic rings. The Balaban J connectivity index is 1.34. The zero-order valence-electron chi connectivity index (χ0n) is 19.2. The third kappa shape index (κ3) is 4.45. The van der Waals surface area contributed by atoms with E-state index in [4.69, 9.17) is 4.74 Å². The molecule has 4 aromatic rings. The van der Waals surface area contributed by atoms with E-state index in [0.717, 1.165) is 18.8 Å². The van der Waals surface area contributed by atoms with Gasteiger partial charge < -0.3 is 9.64 Å². The molecule has 1 amide bonds. The van der Waals surface area contributed by atoms with Crippen molar-refractivity contribution in [3.63, 3.8) is 0 Å². The van der Waals surface area contributed by atoms with Crippen LogP contribution in [0, 0.1) is 0 Å². The molecule has 6 heteroatoms. The zero-order chi connectivity index (χ0) is 23.3. The van der Waals surface area contributed by atoms with Gasteiger partial charge in [-0.15, -0.1) is 0 Å². The number of aromatic nitrogens is 2. The van der Waals surface area contributed by atoms with Gasteiger partial charge in [-0.2, -0.15) is 5.10 Å². The number of benzene rings is 3. The minimum absolute atomic E-state index is 0.0952. The van der Waals surface area contributed by atoms with E-state index in [-0.39, 0.29) is 11.9 Å². The summed E-state index contributed by atoms with van der Waals surface area (Å²) in [5.74, 6) is 0.393. The molecule has 0 bridgehead atoms. The molecule has 2 heterocycles. The molecule has 1 aliphatic heterocycles. The van der Waals surface area contributed by atoms with Crippen molar-refractivity contribution in [2.45, 2.75) is 6.04 Å². The van der Waals surface area contributed by atoms with Crippen molar-refractivity contribution in [1.82, 2.24) is 19.6 Å². The maximum Gasteiger partial charge on any atom is 0.278 e. The first-order valence-electron chi connectivity index (χ1n) is 11.6. The summed E-state index contributed by atoms with van der Waals surface area (Å²) in [6.07, 6.45) is 1.76. The van der Waals surface area contributed by atoms with Gasteiger partial charge in [0.2, 0.25) is 0 Å². The Bertz CT molecular complexity index is 1180.